The molecule has 1 aliphatic rings. The normalized spacial score (nSPS) is 18.4. The van der Waals surface area contributed by atoms with Gasteiger partial charge in [0.1, 0.15) is 17.8 Å². The van der Waals surface area contributed by atoms with Crippen LogP contribution in [0.15, 0.2) is 24.3 Å². The van der Waals surface area contributed by atoms with E-state index in [0.29, 0.717) is 24.3 Å². The van der Waals surface area contributed by atoms with E-state index in [0.717, 1.165) is 6.42 Å². The minimum absolute atomic E-state index is 0.209. The Balaban J connectivity index is 2.25. The molecule has 1 aliphatic heterocycles. The predicted octanol–water partition coefficient (Wildman–Crippen LogP) is 2.35. The van der Waals surface area contributed by atoms with Crippen molar-refractivity contribution in [3.05, 3.63) is 29.8 Å². The highest BCUT2D eigenvalue weighted by Gasteiger charge is 2.40. The van der Waals surface area contributed by atoms with Crippen molar-refractivity contribution in [2.24, 2.45) is 5.41 Å². The summed E-state index contributed by atoms with van der Waals surface area (Å²) in [5, 5.41) is 12.1. The van der Waals surface area contributed by atoms with Gasteiger partial charge in [0, 0.05) is 6.54 Å². The van der Waals surface area contributed by atoms with Crippen LogP contribution in [0.2, 0.25) is 0 Å². The van der Waals surface area contributed by atoms with E-state index in [1.807, 2.05) is 20.8 Å². The van der Waals surface area contributed by atoms with Crippen molar-refractivity contribution >= 4 is 11.8 Å². The fourth-order valence-corrected chi connectivity index (χ4v) is 3.02. The van der Waals surface area contributed by atoms with Crippen LogP contribution in [0.3, 0.4) is 0 Å². The van der Waals surface area contributed by atoms with Crippen molar-refractivity contribution in [3.8, 4) is 11.8 Å². The second kappa shape index (κ2) is 7.56. The smallest absolute Gasteiger partial charge is 0.255 e. The molecule has 0 radical (unpaired) electrons. The zero-order chi connectivity index (χ0) is 18.6. The molecule has 2 amide bonds. The van der Waals surface area contributed by atoms with Crippen LogP contribution in [-0.4, -0.2) is 42.5 Å². The van der Waals surface area contributed by atoms with Crippen molar-refractivity contribution in [3.63, 3.8) is 0 Å². The topological polar surface area (TPSA) is 82.4 Å². The molecule has 1 aromatic carbocycles. The number of hydrogen-bond acceptors (Lipinski definition) is 4. The molecule has 6 heteroatoms. The molecule has 1 fully saturated rings. The number of methoxy groups -OCH3 is 1. The van der Waals surface area contributed by atoms with Crippen LogP contribution in [0.25, 0.3) is 0 Å². The Labute approximate surface area is 148 Å². The Kier molecular flexibility index (Phi) is 5.68. The number of benzene rings is 1. The lowest BCUT2D eigenvalue weighted by molar-refractivity contribution is -0.135. The fraction of sp³-hybridized carbons (Fsp3) is 0.526. The predicted molar refractivity (Wildman–Crippen MR) is 94.1 cm³/mol. The van der Waals surface area contributed by atoms with Crippen LogP contribution in [0.5, 0.6) is 5.75 Å². The van der Waals surface area contributed by atoms with E-state index >= 15 is 0 Å². The van der Waals surface area contributed by atoms with Crippen molar-refractivity contribution in [2.75, 3.05) is 13.7 Å². The fourth-order valence-electron chi connectivity index (χ4n) is 3.02. The van der Waals surface area contributed by atoms with Gasteiger partial charge in [-0.1, -0.05) is 32.9 Å². The summed E-state index contributed by atoms with van der Waals surface area (Å²) in [6.45, 7) is 6.24. The van der Waals surface area contributed by atoms with Gasteiger partial charge in [-0.2, -0.15) is 5.26 Å². The van der Waals surface area contributed by atoms with Gasteiger partial charge in [-0.05, 0) is 30.4 Å². The van der Waals surface area contributed by atoms with Crippen molar-refractivity contribution in [1.29, 1.82) is 5.26 Å². The first kappa shape index (κ1) is 18.8. The maximum absolute atomic E-state index is 13.0. The third-order valence-electron chi connectivity index (χ3n) is 4.42. The van der Waals surface area contributed by atoms with Gasteiger partial charge >= 0.3 is 0 Å². The standard InChI is InChI=1S/C19H25N3O3/c1-19(2,3)16(18(24)22-11-7-8-13(22)12-20)21-17(23)14-9-5-6-10-15(14)25-4/h5-6,9-10,13,16H,7-8,11H2,1-4H3,(H,21,23)/t13?,16-/m1/s1. The molecule has 0 aliphatic carbocycles. The molecule has 0 aromatic heterocycles. The highest BCUT2D eigenvalue weighted by Crippen LogP contribution is 2.26. The number of carbonyl (C=O) groups is 2. The maximum atomic E-state index is 13.0. The van der Waals surface area contributed by atoms with Gasteiger partial charge in [-0.25, -0.2) is 0 Å². The molecule has 2 rings (SSSR count). The first-order chi connectivity index (χ1) is 11.8. The minimum atomic E-state index is -0.723. The van der Waals surface area contributed by atoms with Crippen molar-refractivity contribution < 1.29 is 14.3 Å². The van der Waals surface area contributed by atoms with Gasteiger partial charge in [-0.15, -0.1) is 0 Å². The Bertz CT molecular complexity index is 688. The van der Waals surface area contributed by atoms with E-state index in [1.165, 1.54) is 7.11 Å². The van der Waals surface area contributed by atoms with Crippen LogP contribution < -0.4 is 10.1 Å². The average Bonchev–Trinajstić information content (AvgIpc) is 3.06. The highest BCUT2D eigenvalue weighted by molar-refractivity contribution is 6.00. The number of carbonyl (C=O) groups excluding carboxylic acids is 2. The van der Waals surface area contributed by atoms with Crippen LogP contribution >= 0.6 is 0 Å². The lowest BCUT2D eigenvalue weighted by Gasteiger charge is -2.34. The molecule has 1 N–H and O–H groups in total. The first-order valence-corrected chi connectivity index (χ1v) is 8.43. The minimum Gasteiger partial charge on any atom is -0.496 e. The van der Waals surface area contributed by atoms with E-state index in [4.69, 9.17) is 4.74 Å². The lowest BCUT2D eigenvalue weighted by Crippen LogP contribution is -2.55. The molecule has 134 valence electrons. The first-order valence-electron chi connectivity index (χ1n) is 8.43. The summed E-state index contributed by atoms with van der Waals surface area (Å²) in [5.74, 6) is -0.116. The van der Waals surface area contributed by atoms with E-state index < -0.39 is 17.5 Å². The quantitative estimate of drug-likeness (QED) is 0.910. The molecule has 0 spiro atoms. The summed E-state index contributed by atoms with van der Waals surface area (Å²) in [4.78, 5) is 27.3. The summed E-state index contributed by atoms with van der Waals surface area (Å²) in [6, 6.07) is 7.93. The zero-order valence-corrected chi connectivity index (χ0v) is 15.2. The number of rotatable bonds is 4. The number of nitrogens with one attached hydrogen (secondary N) is 1. The number of likely N-dealkylation sites (tertiary alicyclic amines) is 1. The van der Waals surface area contributed by atoms with Gasteiger partial charge in [0.2, 0.25) is 5.91 Å². The zero-order valence-electron chi connectivity index (χ0n) is 15.2. The third kappa shape index (κ3) is 4.11. The van der Waals surface area contributed by atoms with Gasteiger partial charge in [0.05, 0.1) is 18.7 Å². The van der Waals surface area contributed by atoms with Crippen LogP contribution in [0, 0.1) is 16.7 Å². The number of hydrogen-bond donors (Lipinski definition) is 1. The largest absolute Gasteiger partial charge is 0.496 e. The summed E-state index contributed by atoms with van der Waals surface area (Å²) in [6.07, 6.45) is 1.49. The molecular formula is C19H25N3O3. The molecule has 1 aromatic rings. The number of nitriles is 1. The Morgan fingerprint density at radius 2 is 2.04 bits per heavy atom. The monoisotopic (exact) mass is 343 g/mol. The highest BCUT2D eigenvalue weighted by atomic mass is 16.5. The maximum Gasteiger partial charge on any atom is 0.255 e. The van der Waals surface area contributed by atoms with E-state index in [2.05, 4.69) is 11.4 Å². The molecule has 0 saturated carbocycles. The van der Waals surface area contributed by atoms with Crippen LogP contribution in [0.4, 0.5) is 0 Å². The molecule has 25 heavy (non-hydrogen) atoms. The SMILES string of the molecule is COc1ccccc1C(=O)N[C@H](C(=O)N1CCCC1C#N)C(C)(C)C. The molecule has 2 atom stereocenters. The molecule has 6 nitrogen and oxygen atoms in total. The third-order valence-corrected chi connectivity index (χ3v) is 4.42. The number of ether oxygens (including phenoxy) is 1. The Morgan fingerprint density at radius 3 is 2.64 bits per heavy atom. The summed E-state index contributed by atoms with van der Waals surface area (Å²) < 4.78 is 5.23. The summed E-state index contributed by atoms with van der Waals surface area (Å²) in [5.41, 5.74) is -0.109. The second-order valence-electron chi connectivity index (χ2n) is 7.29. The second-order valence-corrected chi connectivity index (χ2v) is 7.29. The van der Waals surface area contributed by atoms with Crippen LogP contribution in [-0.2, 0) is 4.79 Å². The van der Waals surface area contributed by atoms with Gasteiger partial charge in [-0.3, -0.25) is 9.59 Å². The molecule has 1 unspecified atom stereocenters. The summed E-state index contributed by atoms with van der Waals surface area (Å²) in [7, 11) is 1.50. The lowest BCUT2D eigenvalue weighted by atomic mass is 9.85. The van der Waals surface area contributed by atoms with Gasteiger partial charge in [0.15, 0.2) is 0 Å². The van der Waals surface area contributed by atoms with Crippen molar-refractivity contribution in [1.82, 2.24) is 10.2 Å². The molecule has 1 heterocycles. The average molecular weight is 343 g/mol. The van der Waals surface area contributed by atoms with E-state index in [9.17, 15) is 14.9 Å². The number of amides is 2. The van der Waals surface area contributed by atoms with Crippen LogP contribution in [0.1, 0.15) is 44.0 Å². The van der Waals surface area contributed by atoms with Gasteiger partial charge < -0.3 is 15.0 Å². The van der Waals surface area contributed by atoms with Gasteiger partial charge in [0.25, 0.3) is 5.91 Å². The van der Waals surface area contributed by atoms with Crippen molar-refractivity contribution in [2.45, 2.75) is 45.7 Å². The Morgan fingerprint density at radius 1 is 1.36 bits per heavy atom. The molecular weight excluding hydrogens is 318 g/mol. The summed E-state index contributed by atoms with van der Waals surface area (Å²) >= 11 is 0. The number of para-hydroxylation sites is 1. The van der Waals surface area contributed by atoms with E-state index in [-0.39, 0.29) is 11.8 Å². The molecule has 0 bridgehead atoms. The Hall–Kier alpha value is -2.55. The number of nitrogens with zero attached hydrogens (tertiary/aromatic N) is 2. The molecule has 1 saturated heterocycles. The van der Waals surface area contributed by atoms with E-state index in [1.54, 1.807) is 29.2 Å².